The number of carbonyl (C=O) groups is 2. The van der Waals surface area contributed by atoms with Crippen molar-refractivity contribution in [2.24, 2.45) is 0 Å². The quantitative estimate of drug-likeness (QED) is 0.0839. The Labute approximate surface area is 506 Å². The summed E-state index contributed by atoms with van der Waals surface area (Å²) in [6, 6.07) is 14.8. The lowest BCUT2D eigenvalue weighted by Gasteiger charge is -2.36. The molecule has 8 aromatic heterocycles. The van der Waals surface area contributed by atoms with Crippen molar-refractivity contribution < 1.29 is 73.1 Å². The van der Waals surface area contributed by atoms with Crippen LogP contribution in [-0.4, -0.2) is 152 Å². The molecular formula is C58H60F6N14O10S. The molecule has 2 amide bonds. The lowest BCUT2D eigenvalue weighted by Crippen LogP contribution is -2.52. The number of aliphatic hydroxyl groups is 2. The number of H-pyrrole nitrogens is 1. The fourth-order valence-electron chi connectivity index (χ4n) is 10.1. The van der Waals surface area contributed by atoms with Crippen molar-refractivity contribution in [3.8, 4) is 50.7 Å². The standard InChI is InChI=1S/C32H32F3N7O4.C26H28F3N7O4.O2S/c1-18-24(17-45-40-18)26-11-10-22-23(16-42(28(22)38-26)20-8-6-5-7-9-20)27-25(32(33,34)35)13-36-29(39-27)37-19-12-21(43)15-41(14-19)30(44)46-31(2,3)4;1-13-18(12-39-35-13)20-6-5-16-17(8-30-22(16)33-20)21-19(26(27,28)29)9-31-23(34-21)32-14-7-15(37)11-36(10-14)24(38)40-25(2,3)4;1-3-2/h5-11,13,16-17,19,21,43H,12,14-15H2,1-4H3,(H,36,37,39);5-6,8-9,12,14-15,37H,7,10-11H2,1-4H3,(H,30,33)(H,31,32,34);/t19-,21+;14-,15+;/m00./s1. The number of para-hydroxylation sites is 1. The van der Waals surface area contributed by atoms with Crippen LogP contribution in [0.25, 0.3) is 72.8 Å². The number of benzene rings is 1. The Bertz CT molecular complexity index is 4040. The fourth-order valence-corrected chi connectivity index (χ4v) is 10.1. The second-order valence-electron chi connectivity index (χ2n) is 22.9. The van der Waals surface area contributed by atoms with Crippen LogP contribution < -0.4 is 10.6 Å². The Hall–Kier alpha value is -9.36. The van der Waals surface area contributed by atoms with Gasteiger partial charge in [-0.05, 0) is 105 Å². The van der Waals surface area contributed by atoms with Crippen molar-refractivity contribution in [2.75, 3.05) is 36.8 Å². The minimum Gasteiger partial charge on any atom is -0.444 e. The number of β-amino-alcohol motifs (C(OH)–C–C–N with tert-alkyl or cyclic N) is 2. The van der Waals surface area contributed by atoms with Crippen LogP contribution in [0.2, 0.25) is 0 Å². The van der Waals surface area contributed by atoms with Crippen LogP contribution >= 0.6 is 0 Å². The zero-order valence-electron chi connectivity index (χ0n) is 49.0. The first-order valence-electron chi connectivity index (χ1n) is 27.5. The third kappa shape index (κ3) is 15.3. The molecule has 89 heavy (non-hydrogen) atoms. The van der Waals surface area contributed by atoms with Crippen molar-refractivity contribution in [2.45, 2.75) is 116 Å². The van der Waals surface area contributed by atoms with E-state index in [2.05, 4.69) is 50.9 Å². The molecule has 9 aromatic rings. The number of halogens is 6. The molecular weight excluding hydrogens is 1200 g/mol. The topological polar surface area (TPSA) is 308 Å². The Morgan fingerprint density at radius 3 is 1.54 bits per heavy atom. The molecule has 0 bridgehead atoms. The van der Waals surface area contributed by atoms with Crippen LogP contribution in [0.1, 0.15) is 76.9 Å². The number of piperidine rings is 2. The Balaban J connectivity index is 0.000000204. The molecule has 11 rings (SSSR count). The van der Waals surface area contributed by atoms with Crippen LogP contribution in [0.15, 0.2) is 101 Å². The highest BCUT2D eigenvalue weighted by Gasteiger charge is 2.40. The smallest absolute Gasteiger partial charge is 0.419 e. The van der Waals surface area contributed by atoms with Crippen molar-refractivity contribution in [3.05, 3.63) is 114 Å². The lowest BCUT2D eigenvalue weighted by atomic mass is 10.0. The first kappa shape index (κ1) is 64.1. The molecule has 4 atom stereocenters. The molecule has 0 aliphatic carbocycles. The van der Waals surface area contributed by atoms with E-state index in [1.165, 1.54) is 28.5 Å². The number of hydrogen-bond donors (Lipinski definition) is 5. The molecule has 1 aromatic carbocycles. The molecule has 470 valence electrons. The molecule has 10 heterocycles. The van der Waals surface area contributed by atoms with Gasteiger partial charge in [0, 0.05) is 77.5 Å². The van der Waals surface area contributed by atoms with Gasteiger partial charge in [-0.3, -0.25) is 0 Å². The van der Waals surface area contributed by atoms with Gasteiger partial charge in [-0.2, -0.15) is 34.8 Å². The number of aryl methyl sites for hydroxylation is 2. The SMILES string of the molecule is Cc1nocc1-c1ccc2c(-c3nc(N[C@H]4C[C@@H](O)CN(C(=O)OC(C)(C)C)C4)ncc3C(F)(F)F)c[nH]c2n1.Cc1nocc1-c1ccc2c(-c3nc(N[C@H]4C[C@@H](O)CN(C(=O)OC(C)(C)C)C4)ncc3C(F)(F)F)cn(-c3ccccc3)c2n1.O=S=O. The number of aromatic nitrogens is 10. The van der Waals surface area contributed by atoms with E-state index in [0.29, 0.717) is 61.7 Å². The Kier molecular flexibility index (Phi) is 18.6. The van der Waals surface area contributed by atoms with Gasteiger partial charge in [0.05, 0.1) is 70.6 Å². The van der Waals surface area contributed by atoms with Gasteiger partial charge in [-0.15, -0.1) is 0 Å². The van der Waals surface area contributed by atoms with Crippen LogP contribution in [-0.2, 0) is 33.4 Å². The van der Waals surface area contributed by atoms with Gasteiger partial charge < -0.3 is 58.7 Å². The number of ether oxygens (including phenoxy) is 2. The molecule has 2 aliphatic heterocycles. The molecule has 2 fully saturated rings. The molecule has 0 radical (unpaired) electrons. The van der Waals surface area contributed by atoms with Gasteiger partial charge in [0.15, 0.2) is 0 Å². The summed E-state index contributed by atoms with van der Waals surface area (Å²) in [4.78, 5) is 56.7. The van der Waals surface area contributed by atoms with Gasteiger partial charge in [0.2, 0.25) is 11.9 Å². The van der Waals surface area contributed by atoms with Gasteiger partial charge in [0.1, 0.15) is 46.1 Å². The molecule has 31 heteroatoms. The molecule has 0 unspecified atom stereocenters. The van der Waals surface area contributed by atoms with E-state index in [-0.39, 0.29) is 73.4 Å². The first-order valence-corrected chi connectivity index (χ1v) is 28.2. The minimum atomic E-state index is -4.77. The highest BCUT2D eigenvalue weighted by molar-refractivity contribution is 7.51. The summed E-state index contributed by atoms with van der Waals surface area (Å²) in [5, 5.41) is 35.5. The highest BCUT2D eigenvalue weighted by Crippen LogP contribution is 2.42. The third-order valence-corrected chi connectivity index (χ3v) is 13.8. The molecule has 5 N–H and O–H groups in total. The molecule has 2 saturated heterocycles. The molecule has 24 nitrogen and oxygen atoms in total. The number of anilines is 2. The van der Waals surface area contributed by atoms with Crippen molar-refractivity contribution in [1.82, 2.24) is 59.6 Å². The van der Waals surface area contributed by atoms with Crippen LogP contribution in [0.3, 0.4) is 0 Å². The van der Waals surface area contributed by atoms with Crippen LogP contribution in [0.4, 0.5) is 47.8 Å². The van der Waals surface area contributed by atoms with Crippen LogP contribution in [0, 0.1) is 13.8 Å². The zero-order valence-corrected chi connectivity index (χ0v) is 49.8. The van der Waals surface area contributed by atoms with E-state index < -0.39 is 82.7 Å². The third-order valence-electron chi connectivity index (χ3n) is 13.8. The average molecular weight is 1260 g/mol. The van der Waals surface area contributed by atoms with E-state index in [0.717, 1.165) is 12.4 Å². The van der Waals surface area contributed by atoms with Gasteiger partial charge in [-0.1, -0.05) is 28.5 Å². The number of nitrogens with one attached hydrogen (secondary N) is 3. The normalized spacial score (nSPS) is 17.3. The Morgan fingerprint density at radius 1 is 0.629 bits per heavy atom. The molecule has 2 aliphatic rings. The number of amides is 2. The van der Waals surface area contributed by atoms with E-state index in [1.807, 2.05) is 30.3 Å². The zero-order chi connectivity index (χ0) is 64.3. The van der Waals surface area contributed by atoms with E-state index >= 15 is 0 Å². The van der Waals surface area contributed by atoms with E-state index in [9.17, 15) is 46.1 Å². The lowest BCUT2D eigenvalue weighted by molar-refractivity contribution is -0.138. The number of aromatic amines is 1. The average Bonchev–Trinajstić information content (AvgIpc) is 1.83. The number of pyridine rings is 2. The minimum absolute atomic E-state index is 0.0641. The summed E-state index contributed by atoms with van der Waals surface area (Å²) in [5.41, 5.74) is 1.29. The summed E-state index contributed by atoms with van der Waals surface area (Å²) in [5.74, 6) is -0.165. The van der Waals surface area contributed by atoms with Crippen molar-refractivity contribution in [3.63, 3.8) is 0 Å². The number of carbonyl (C=O) groups excluding carboxylic acids is 2. The van der Waals surface area contributed by atoms with Crippen molar-refractivity contribution in [1.29, 1.82) is 0 Å². The summed E-state index contributed by atoms with van der Waals surface area (Å²) in [6.07, 6.45) is -4.61. The second kappa shape index (κ2) is 25.8. The monoisotopic (exact) mass is 1260 g/mol. The van der Waals surface area contributed by atoms with Gasteiger partial charge in [-0.25, -0.2) is 39.5 Å². The maximum Gasteiger partial charge on any atom is 0.419 e. The second-order valence-corrected chi connectivity index (χ2v) is 23.1. The number of nitrogens with zero attached hydrogens (tertiary/aromatic N) is 11. The number of likely N-dealkylation sites (tertiary alicyclic amines) is 2. The van der Waals surface area contributed by atoms with E-state index in [4.69, 9.17) is 31.9 Å². The Morgan fingerprint density at radius 2 is 1.09 bits per heavy atom. The summed E-state index contributed by atoms with van der Waals surface area (Å²) in [6.45, 7) is 14.4. The number of fused-ring (bicyclic) bond motifs is 2. The largest absolute Gasteiger partial charge is 0.444 e. The van der Waals surface area contributed by atoms with Crippen molar-refractivity contribution >= 4 is 57.7 Å². The maximum atomic E-state index is 14.4. The summed E-state index contributed by atoms with van der Waals surface area (Å²) in [7, 11) is 0. The van der Waals surface area contributed by atoms with Gasteiger partial charge in [0.25, 0.3) is 0 Å². The maximum absolute atomic E-state index is 14.4. The highest BCUT2D eigenvalue weighted by atomic mass is 32.1. The van der Waals surface area contributed by atoms with Gasteiger partial charge >= 0.3 is 36.1 Å². The van der Waals surface area contributed by atoms with E-state index in [1.54, 1.807) is 90.4 Å². The molecule has 0 spiro atoms. The predicted molar refractivity (Wildman–Crippen MR) is 310 cm³/mol. The summed E-state index contributed by atoms with van der Waals surface area (Å²) >= 11 is -0.750. The molecule has 0 saturated carbocycles. The number of aliphatic hydroxyl groups excluding tert-OH is 2. The fraction of sp³-hybridized carbons (Fsp3) is 0.379. The number of alkyl halides is 6. The first-order chi connectivity index (χ1) is 42.0. The number of rotatable bonds is 9. The number of hydrogen-bond acceptors (Lipinski definition) is 20. The predicted octanol–water partition coefficient (Wildman–Crippen LogP) is 10.4. The van der Waals surface area contributed by atoms with Crippen LogP contribution in [0.5, 0.6) is 0 Å². The summed E-state index contributed by atoms with van der Waals surface area (Å²) < 4.78 is 125.